The second-order valence-electron chi connectivity index (χ2n) is 8.31. The molecule has 1 heterocycles. The highest BCUT2D eigenvalue weighted by Gasteiger charge is 2.40. The molecule has 0 bridgehead atoms. The van der Waals surface area contributed by atoms with Gasteiger partial charge < -0.3 is 14.7 Å². The number of unbranched alkanes of at least 4 members (excludes halogenated alkanes) is 1. The van der Waals surface area contributed by atoms with Crippen LogP contribution in [0, 0.1) is 0 Å². The summed E-state index contributed by atoms with van der Waals surface area (Å²) >= 11 is 0. The highest BCUT2D eigenvalue weighted by Crippen LogP contribution is 2.42. The van der Waals surface area contributed by atoms with Crippen LogP contribution in [0.5, 0.6) is 5.75 Å². The molecule has 0 aliphatic carbocycles. The van der Waals surface area contributed by atoms with Gasteiger partial charge in [-0.05, 0) is 62.5 Å². The van der Waals surface area contributed by atoms with Crippen LogP contribution in [-0.4, -0.2) is 36.2 Å². The Kier molecular flexibility index (Phi) is 8.14. The lowest BCUT2D eigenvalue weighted by Crippen LogP contribution is -2.42. The number of rotatable bonds is 10. The minimum atomic E-state index is -0.889. The van der Waals surface area contributed by atoms with Crippen molar-refractivity contribution >= 4 is 0 Å². The fourth-order valence-electron chi connectivity index (χ4n) is 4.59. The van der Waals surface area contributed by atoms with Gasteiger partial charge in [0.05, 0.1) is 12.2 Å². The van der Waals surface area contributed by atoms with Gasteiger partial charge >= 0.3 is 0 Å². The highest BCUT2D eigenvalue weighted by atomic mass is 16.5. The van der Waals surface area contributed by atoms with E-state index in [2.05, 4.69) is 54.3 Å². The molecule has 2 aromatic rings. The van der Waals surface area contributed by atoms with Crippen LogP contribution in [0.2, 0.25) is 0 Å². The summed E-state index contributed by atoms with van der Waals surface area (Å²) in [5.41, 5.74) is 1.34. The molecule has 1 aliphatic heterocycles. The van der Waals surface area contributed by atoms with Crippen molar-refractivity contribution in [2.75, 3.05) is 26.2 Å². The molecule has 158 valence electrons. The molecule has 0 aromatic heterocycles. The number of hydrogen-bond donors (Lipinski definition) is 1. The van der Waals surface area contributed by atoms with Crippen molar-refractivity contribution in [3.63, 3.8) is 0 Å². The molecule has 0 amide bonds. The summed E-state index contributed by atoms with van der Waals surface area (Å²) in [7, 11) is 0. The number of hydrogen-bond acceptors (Lipinski definition) is 3. The first-order chi connectivity index (χ1) is 14.2. The summed E-state index contributed by atoms with van der Waals surface area (Å²) in [6, 6.07) is 18.7. The third-order valence-corrected chi connectivity index (χ3v) is 6.24. The number of aliphatic hydroxyl groups is 1. The first-order valence-electron chi connectivity index (χ1n) is 11.4. The van der Waals surface area contributed by atoms with Crippen molar-refractivity contribution in [2.24, 2.45) is 0 Å². The molecule has 0 spiro atoms. The van der Waals surface area contributed by atoms with E-state index in [1.54, 1.807) is 0 Å². The van der Waals surface area contributed by atoms with Gasteiger partial charge in [-0.25, -0.2) is 0 Å². The van der Waals surface area contributed by atoms with Crippen molar-refractivity contribution in [2.45, 2.75) is 63.9 Å². The van der Waals surface area contributed by atoms with Crippen LogP contribution in [0.25, 0.3) is 0 Å². The van der Waals surface area contributed by atoms with Gasteiger partial charge in [-0.15, -0.1) is 0 Å². The van der Waals surface area contributed by atoms with Crippen molar-refractivity contribution in [3.05, 3.63) is 65.7 Å². The van der Waals surface area contributed by atoms with E-state index < -0.39 is 5.60 Å². The Morgan fingerprint density at radius 3 is 2.28 bits per heavy atom. The smallest absolute Gasteiger partial charge is 0.119 e. The molecule has 2 aromatic carbocycles. The van der Waals surface area contributed by atoms with Gasteiger partial charge in [0.1, 0.15) is 5.75 Å². The van der Waals surface area contributed by atoms with Crippen LogP contribution in [0.15, 0.2) is 54.6 Å². The number of likely N-dealkylation sites (tertiary alicyclic amines) is 1. The quantitative estimate of drug-likeness (QED) is 0.557. The molecule has 1 fully saturated rings. The van der Waals surface area contributed by atoms with Gasteiger partial charge in [-0.3, -0.25) is 0 Å². The molecule has 1 aliphatic rings. The van der Waals surface area contributed by atoms with Crippen LogP contribution < -0.4 is 4.74 Å². The second-order valence-corrected chi connectivity index (χ2v) is 8.31. The highest BCUT2D eigenvalue weighted by molar-refractivity contribution is 5.35. The zero-order chi connectivity index (χ0) is 20.5. The van der Waals surface area contributed by atoms with E-state index in [-0.39, 0.29) is 5.92 Å². The van der Waals surface area contributed by atoms with Gasteiger partial charge in [-0.1, -0.05) is 68.7 Å². The average Bonchev–Trinajstić information content (AvgIpc) is 2.78. The minimum absolute atomic E-state index is 0.0475. The largest absolute Gasteiger partial charge is 0.494 e. The van der Waals surface area contributed by atoms with Crippen molar-refractivity contribution in [3.8, 4) is 5.75 Å². The molecule has 3 rings (SSSR count). The maximum atomic E-state index is 12.2. The van der Waals surface area contributed by atoms with E-state index >= 15 is 0 Å². The monoisotopic (exact) mass is 395 g/mol. The molecule has 1 N–H and O–H groups in total. The van der Waals surface area contributed by atoms with E-state index in [0.717, 1.165) is 50.2 Å². The third-order valence-electron chi connectivity index (χ3n) is 6.24. The standard InChI is InChI=1S/C26H37NO2/c1-3-5-18-26(28,23-14-16-24(17-15-23)29-4-2)25(22-12-8-6-9-13-22)21-27-19-10-7-11-20-27/h6,8-9,12-17,25,28H,3-5,7,10-11,18-21H2,1-2H3/t25-,26-/m1/s1. The van der Waals surface area contributed by atoms with Gasteiger partial charge in [0.15, 0.2) is 0 Å². The summed E-state index contributed by atoms with van der Waals surface area (Å²) in [4.78, 5) is 2.55. The number of ether oxygens (including phenoxy) is 1. The Balaban J connectivity index is 1.97. The molecule has 3 heteroatoms. The second kappa shape index (κ2) is 10.8. The SMILES string of the molecule is CCCC[C@@](O)(c1ccc(OCC)cc1)[C@H](CN1CCCCC1)c1ccccc1. The van der Waals surface area contributed by atoms with Crippen molar-refractivity contribution in [1.82, 2.24) is 4.90 Å². The van der Waals surface area contributed by atoms with Crippen LogP contribution in [0.1, 0.15) is 69.4 Å². The van der Waals surface area contributed by atoms with Gasteiger partial charge in [0.25, 0.3) is 0 Å². The number of piperidine rings is 1. The van der Waals surface area contributed by atoms with Crippen LogP contribution in [-0.2, 0) is 5.60 Å². The minimum Gasteiger partial charge on any atom is -0.494 e. The zero-order valence-corrected chi connectivity index (χ0v) is 18.1. The molecule has 3 nitrogen and oxygen atoms in total. The fraction of sp³-hybridized carbons (Fsp3) is 0.538. The number of nitrogens with zero attached hydrogens (tertiary/aromatic N) is 1. The zero-order valence-electron chi connectivity index (χ0n) is 18.1. The summed E-state index contributed by atoms with van der Waals surface area (Å²) in [6.07, 6.45) is 6.70. The Morgan fingerprint density at radius 2 is 1.66 bits per heavy atom. The summed E-state index contributed by atoms with van der Waals surface area (Å²) < 4.78 is 5.63. The molecule has 29 heavy (non-hydrogen) atoms. The Bertz CT molecular complexity index is 709. The third kappa shape index (κ3) is 5.61. The van der Waals surface area contributed by atoms with Crippen molar-refractivity contribution in [1.29, 1.82) is 0 Å². The Morgan fingerprint density at radius 1 is 0.966 bits per heavy atom. The molecule has 0 unspecified atom stereocenters. The average molecular weight is 396 g/mol. The molecule has 0 saturated carbocycles. The molecule has 2 atom stereocenters. The lowest BCUT2D eigenvalue weighted by molar-refractivity contribution is -0.0164. The Labute approximate surface area is 176 Å². The van der Waals surface area contributed by atoms with E-state index in [1.165, 1.54) is 24.8 Å². The molecule has 1 saturated heterocycles. The van der Waals surface area contributed by atoms with Gasteiger partial charge in [-0.2, -0.15) is 0 Å². The Hall–Kier alpha value is -1.84. The lowest BCUT2D eigenvalue weighted by atomic mass is 9.74. The first-order valence-corrected chi connectivity index (χ1v) is 11.4. The van der Waals surface area contributed by atoms with E-state index in [9.17, 15) is 5.11 Å². The topological polar surface area (TPSA) is 32.7 Å². The van der Waals surface area contributed by atoms with Crippen LogP contribution >= 0.6 is 0 Å². The van der Waals surface area contributed by atoms with E-state index in [1.807, 2.05) is 19.1 Å². The first kappa shape index (κ1) is 21.9. The normalized spacial score (nSPS) is 18.2. The maximum absolute atomic E-state index is 12.2. The molecular weight excluding hydrogens is 358 g/mol. The predicted octanol–water partition coefficient (Wildman–Crippen LogP) is 5.73. The summed E-state index contributed by atoms with van der Waals surface area (Å²) in [5.74, 6) is 0.910. The summed E-state index contributed by atoms with van der Waals surface area (Å²) in [6.45, 7) is 8.02. The van der Waals surface area contributed by atoms with Crippen molar-refractivity contribution < 1.29 is 9.84 Å². The van der Waals surface area contributed by atoms with Gasteiger partial charge in [0.2, 0.25) is 0 Å². The van der Waals surface area contributed by atoms with E-state index in [4.69, 9.17) is 4.74 Å². The number of benzene rings is 2. The molecule has 0 radical (unpaired) electrons. The van der Waals surface area contributed by atoms with Crippen LogP contribution in [0.4, 0.5) is 0 Å². The van der Waals surface area contributed by atoms with Gasteiger partial charge in [0, 0.05) is 12.5 Å². The molecular formula is C26H37NO2. The summed E-state index contributed by atoms with van der Waals surface area (Å²) in [5, 5.41) is 12.2. The predicted molar refractivity (Wildman–Crippen MR) is 121 cm³/mol. The van der Waals surface area contributed by atoms with Crippen LogP contribution in [0.3, 0.4) is 0 Å². The van der Waals surface area contributed by atoms with E-state index in [0.29, 0.717) is 6.61 Å². The lowest BCUT2D eigenvalue weighted by Gasteiger charge is -2.41. The fourth-order valence-corrected chi connectivity index (χ4v) is 4.59. The maximum Gasteiger partial charge on any atom is 0.119 e.